The molecule has 34 heavy (non-hydrogen) atoms. The van der Waals surface area contributed by atoms with Gasteiger partial charge in [-0.25, -0.2) is 0 Å². The van der Waals surface area contributed by atoms with Crippen LogP contribution in [0.5, 0.6) is 0 Å². The number of halogens is 1. The Balaban J connectivity index is 0.00000324. The van der Waals surface area contributed by atoms with Crippen LogP contribution in [-0.2, 0) is 11.2 Å². The van der Waals surface area contributed by atoms with Gasteiger partial charge in [-0.15, -0.1) is 12.4 Å². The second-order valence-corrected chi connectivity index (χ2v) is 9.95. The van der Waals surface area contributed by atoms with Crippen LogP contribution in [0, 0.1) is 5.41 Å². The summed E-state index contributed by atoms with van der Waals surface area (Å²) in [5.41, 5.74) is 0.531. The summed E-state index contributed by atoms with van der Waals surface area (Å²) < 4.78 is 5.24. The standard InChI is InChI=1S/C26H34N4O3.ClH/c1-6-17(7-2)18-8-10-20(11-9-18)26(32,25(5)15-28-16-25)21-12-19(13-27-14-21)22-29-23(33-30-22)24(3,4)31;/h8-14,17,28,31-32H,6-7,15-16H2,1-5H3;1H. The monoisotopic (exact) mass is 486 g/mol. The van der Waals surface area contributed by atoms with Gasteiger partial charge in [0.05, 0.1) is 0 Å². The molecule has 0 bridgehead atoms. The van der Waals surface area contributed by atoms with E-state index in [1.807, 2.05) is 18.2 Å². The quantitative estimate of drug-likeness (QED) is 0.429. The van der Waals surface area contributed by atoms with Crippen molar-refractivity contribution in [1.29, 1.82) is 0 Å². The molecule has 1 unspecified atom stereocenters. The molecule has 1 saturated heterocycles. The fourth-order valence-corrected chi connectivity index (χ4v) is 4.73. The summed E-state index contributed by atoms with van der Waals surface area (Å²) in [6, 6.07) is 10.2. The number of aromatic nitrogens is 3. The van der Waals surface area contributed by atoms with E-state index in [1.165, 1.54) is 5.56 Å². The minimum absolute atomic E-state index is 0. The summed E-state index contributed by atoms with van der Waals surface area (Å²) in [7, 11) is 0. The molecule has 1 atom stereocenters. The first-order valence-corrected chi connectivity index (χ1v) is 11.7. The van der Waals surface area contributed by atoms with Crippen molar-refractivity contribution in [2.45, 2.75) is 64.6 Å². The van der Waals surface area contributed by atoms with Gasteiger partial charge in [0.2, 0.25) is 5.82 Å². The molecule has 7 nitrogen and oxygen atoms in total. The van der Waals surface area contributed by atoms with E-state index in [0.29, 0.717) is 36.0 Å². The third kappa shape index (κ3) is 4.50. The van der Waals surface area contributed by atoms with Crippen LogP contribution in [0.4, 0.5) is 0 Å². The first-order chi connectivity index (χ1) is 15.6. The van der Waals surface area contributed by atoms with E-state index >= 15 is 0 Å². The number of benzene rings is 1. The van der Waals surface area contributed by atoms with Crippen molar-refractivity contribution in [1.82, 2.24) is 20.4 Å². The van der Waals surface area contributed by atoms with Crippen molar-refractivity contribution in [2.75, 3.05) is 13.1 Å². The molecule has 1 aliphatic heterocycles. The van der Waals surface area contributed by atoms with Gasteiger partial charge in [-0.2, -0.15) is 4.98 Å². The van der Waals surface area contributed by atoms with Crippen LogP contribution in [0.15, 0.2) is 47.2 Å². The smallest absolute Gasteiger partial charge is 0.258 e. The molecule has 3 heterocycles. The summed E-state index contributed by atoms with van der Waals surface area (Å²) in [5, 5.41) is 29.8. The summed E-state index contributed by atoms with van der Waals surface area (Å²) in [6.07, 6.45) is 5.52. The summed E-state index contributed by atoms with van der Waals surface area (Å²) >= 11 is 0. The summed E-state index contributed by atoms with van der Waals surface area (Å²) in [5.74, 6) is 0.969. The number of pyridine rings is 1. The van der Waals surface area contributed by atoms with Gasteiger partial charge < -0.3 is 20.1 Å². The van der Waals surface area contributed by atoms with Crippen molar-refractivity contribution in [2.24, 2.45) is 5.41 Å². The Hall–Kier alpha value is -2.32. The van der Waals surface area contributed by atoms with Gasteiger partial charge >= 0.3 is 0 Å². The Morgan fingerprint density at radius 1 is 1.06 bits per heavy atom. The maximum absolute atomic E-state index is 12.3. The third-order valence-corrected chi connectivity index (χ3v) is 7.05. The number of aliphatic hydroxyl groups is 2. The zero-order chi connectivity index (χ0) is 23.9. The molecule has 0 spiro atoms. The maximum Gasteiger partial charge on any atom is 0.258 e. The Morgan fingerprint density at radius 3 is 2.21 bits per heavy atom. The maximum atomic E-state index is 12.3. The van der Waals surface area contributed by atoms with Gasteiger partial charge in [0, 0.05) is 42.0 Å². The number of hydrogen-bond donors (Lipinski definition) is 3. The first-order valence-electron chi connectivity index (χ1n) is 11.7. The van der Waals surface area contributed by atoms with Gasteiger partial charge in [0.1, 0.15) is 11.2 Å². The van der Waals surface area contributed by atoms with E-state index < -0.39 is 16.6 Å². The van der Waals surface area contributed by atoms with Crippen molar-refractivity contribution in [3.05, 3.63) is 65.3 Å². The Labute approximate surface area is 207 Å². The van der Waals surface area contributed by atoms with Crippen LogP contribution in [0.1, 0.15) is 76.0 Å². The average molecular weight is 487 g/mol. The van der Waals surface area contributed by atoms with Crippen molar-refractivity contribution in [3.63, 3.8) is 0 Å². The average Bonchev–Trinajstić information content (AvgIpc) is 3.29. The van der Waals surface area contributed by atoms with Crippen molar-refractivity contribution in [3.8, 4) is 11.4 Å². The zero-order valence-electron chi connectivity index (χ0n) is 20.5. The molecule has 3 aromatic rings. The lowest BCUT2D eigenvalue weighted by Gasteiger charge is -2.52. The van der Waals surface area contributed by atoms with Crippen molar-refractivity contribution >= 4 is 12.4 Å². The molecule has 3 N–H and O–H groups in total. The molecule has 1 aliphatic rings. The van der Waals surface area contributed by atoms with E-state index in [-0.39, 0.29) is 18.3 Å². The van der Waals surface area contributed by atoms with Crippen LogP contribution in [0.3, 0.4) is 0 Å². The number of nitrogens with zero attached hydrogens (tertiary/aromatic N) is 3. The molecular weight excluding hydrogens is 452 g/mol. The molecule has 4 rings (SSSR count). The van der Waals surface area contributed by atoms with Gasteiger partial charge in [-0.3, -0.25) is 4.98 Å². The van der Waals surface area contributed by atoms with E-state index in [4.69, 9.17) is 4.52 Å². The molecule has 184 valence electrons. The molecule has 1 fully saturated rings. The zero-order valence-corrected chi connectivity index (χ0v) is 21.3. The number of rotatable bonds is 8. The Bertz CT molecular complexity index is 1100. The van der Waals surface area contributed by atoms with Gasteiger partial charge in [0.25, 0.3) is 5.89 Å². The van der Waals surface area contributed by atoms with E-state index in [0.717, 1.165) is 18.4 Å². The number of nitrogens with one attached hydrogen (secondary N) is 1. The summed E-state index contributed by atoms with van der Waals surface area (Å²) in [4.78, 5) is 8.74. The SMILES string of the molecule is CCC(CC)c1ccc(C(O)(c2cncc(-c3noc(C(C)(C)O)n3)c2)C2(C)CNC2)cc1.Cl. The lowest BCUT2D eigenvalue weighted by molar-refractivity contribution is -0.0769. The minimum Gasteiger partial charge on any atom is -0.381 e. The first kappa shape index (κ1) is 26.3. The van der Waals surface area contributed by atoms with Crippen LogP contribution in [0.25, 0.3) is 11.4 Å². The highest BCUT2D eigenvalue weighted by Crippen LogP contribution is 2.48. The summed E-state index contributed by atoms with van der Waals surface area (Å²) in [6.45, 7) is 11.1. The topological polar surface area (TPSA) is 104 Å². The molecular formula is C26H35ClN4O3. The van der Waals surface area contributed by atoms with Crippen molar-refractivity contribution < 1.29 is 14.7 Å². The Morgan fingerprint density at radius 2 is 1.71 bits per heavy atom. The van der Waals surface area contributed by atoms with Crippen LogP contribution in [0.2, 0.25) is 0 Å². The van der Waals surface area contributed by atoms with Crippen LogP contribution >= 0.6 is 12.4 Å². The molecule has 0 radical (unpaired) electrons. The van der Waals surface area contributed by atoms with E-state index in [2.05, 4.69) is 53.3 Å². The highest BCUT2D eigenvalue weighted by molar-refractivity contribution is 5.85. The molecule has 0 amide bonds. The molecule has 1 aromatic carbocycles. The van der Waals surface area contributed by atoms with E-state index in [1.54, 1.807) is 26.2 Å². The fraction of sp³-hybridized carbons (Fsp3) is 0.500. The van der Waals surface area contributed by atoms with Gasteiger partial charge in [-0.1, -0.05) is 50.2 Å². The fourth-order valence-electron chi connectivity index (χ4n) is 4.73. The predicted octanol–water partition coefficient (Wildman–Crippen LogP) is 4.53. The predicted molar refractivity (Wildman–Crippen MR) is 134 cm³/mol. The lowest BCUT2D eigenvalue weighted by Crippen LogP contribution is -2.63. The van der Waals surface area contributed by atoms with Crippen LogP contribution in [-0.4, -0.2) is 38.4 Å². The molecule has 0 aliphatic carbocycles. The second kappa shape index (κ2) is 9.74. The van der Waals surface area contributed by atoms with E-state index in [9.17, 15) is 10.2 Å². The van der Waals surface area contributed by atoms with Gasteiger partial charge in [-0.05, 0) is 49.8 Å². The third-order valence-electron chi connectivity index (χ3n) is 7.05. The molecule has 8 heteroatoms. The van der Waals surface area contributed by atoms with Crippen LogP contribution < -0.4 is 5.32 Å². The minimum atomic E-state index is -1.25. The second-order valence-electron chi connectivity index (χ2n) is 9.95. The lowest BCUT2D eigenvalue weighted by atomic mass is 9.62. The highest BCUT2D eigenvalue weighted by Gasteiger charge is 2.53. The largest absolute Gasteiger partial charge is 0.381 e. The van der Waals surface area contributed by atoms with Gasteiger partial charge in [0.15, 0.2) is 0 Å². The number of hydrogen-bond acceptors (Lipinski definition) is 7. The Kier molecular flexibility index (Phi) is 7.53. The molecule has 0 saturated carbocycles. The highest BCUT2D eigenvalue weighted by atomic mass is 35.5. The normalized spacial score (nSPS) is 17.1. The molecule has 2 aromatic heterocycles.